The van der Waals surface area contributed by atoms with E-state index in [9.17, 15) is 14.4 Å². The number of nitrogens with two attached hydrogens (primary N) is 1. The molecule has 2 fully saturated rings. The maximum atomic E-state index is 14.5. The Morgan fingerprint density at radius 2 is 1.43 bits per heavy atom. The first kappa shape index (κ1) is 35.1. The van der Waals surface area contributed by atoms with E-state index in [2.05, 4.69) is 34.6 Å². The van der Waals surface area contributed by atoms with Crippen LogP contribution in [0.5, 0.6) is 0 Å². The van der Waals surface area contributed by atoms with Gasteiger partial charge >= 0.3 is 0 Å². The van der Waals surface area contributed by atoms with Crippen molar-refractivity contribution in [2.45, 2.75) is 82.7 Å². The molecule has 0 aromatic heterocycles. The second-order valence-corrected chi connectivity index (χ2v) is 12.4. The second-order valence-electron chi connectivity index (χ2n) is 12.4. The highest BCUT2D eigenvalue weighted by Gasteiger charge is 2.48. The number of carbonyl (C=O) groups is 3. The number of carbonyl (C=O) groups excluding carboxylic acids is 3. The van der Waals surface area contributed by atoms with Crippen molar-refractivity contribution in [2.75, 3.05) is 13.1 Å². The van der Waals surface area contributed by atoms with Crippen LogP contribution in [0.3, 0.4) is 0 Å². The molecule has 3 aromatic rings. The number of amides is 3. The van der Waals surface area contributed by atoms with Crippen LogP contribution in [0.4, 0.5) is 0 Å². The van der Waals surface area contributed by atoms with Crippen LogP contribution in [0.2, 0.25) is 0 Å². The molecule has 0 spiro atoms. The van der Waals surface area contributed by atoms with Crippen molar-refractivity contribution < 1.29 is 26.8 Å². The molecule has 4 N–H and O–H groups in total. The summed E-state index contributed by atoms with van der Waals surface area (Å²) >= 11 is 0. The van der Waals surface area contributed by atoms with Gasteiger partial charge in [0, 0.05) is 25.0 Å². The number of nitrogens with one attached hydrogen (secondary N) is 2. The van der Waals surface area contributed by atoms with Gasteiger partial charge in [-0.15, -0.1) is 0 Å². The predicted octanol–water partition coefficient (Wildman–Crippen LogP) is 1.41. The zero-order valence-electron chi connectivity index (χ0n) is 26.9. The molecule has 8 nitrogen and oxygen atoms in total. The van der Waals surface area contributed by atoms with Gasteiger partial charge in [-0.2, -0.15) is 0 Å². The lowest BCUT2D eigenvalue weighted by Gasteiger charge is -2.34. The van der Waals surface area contributed by atoms with Crippen molar-refractivity contribution in [3.05, 3.63) is 108 Å². The number of benzene rings is 3. The zero-order valence-corrected chi connectivity index (χ0v) is 27.6. The van der Waals surface area contributed by atoms with Gasteiger partial charge < -0.3 is 33.7 Å². The van der Waals surface area contributed by atoms with Gasteiger partial charge in [-0.1, -0.05) is 105 Å². The van der Waals surface area contributed by atoms with Crippen molar-refractivity contribution in [3.8, 4) is 0 Å². The number of halogens is 1. The van der Waals surface area contributed by atoms with E-state index >= 15 is 0 Å². The van der Waals surface area contributed by atoms with E-state index in [1.165, 1.54) is 5.56 Å². The van der Waals surface area contributed by atoms with Gasteiger partial charge in [0.25, 0.3) is 0 Å². The monoisotopic (exact) mass is 644 g/mol. The number of hydrogen-bond donors (Lipinski definition) is 3. The summed E-state index contributed by atoms with van der Waals surface area (Å²) in [4.78, 5) is 45.9. The predicted molar refractivity (Wildman–Crippen MR) is 177 cm³/mol. The fourth-order valence-electron chi connectivity index (χ4n) is 6.88. The average molecular weight is 645 g/mol. The Morgan fingerprint density at radius 1 is 0.870 bits per heavy atom. The topological polar surface area (TPSA) is 108 Å². The van der Waals surface area contributed by atoms with Crippen LogP contribution in [0.15, 0.2) is 91.0 Å². The highest BCUT2D eigenvalue weighted by Crippen LogP contribution is 2.35. The quantitative estimate of drug-likeness (QED) is 0.277. The smallest absolute Gasteiger partial charge is 0.246 e. The summed E-state index contributed by atoms with van der Waals surface area (Å²) in [5.74, 6) is -0.774. The first-order valence-electron chi connectivity index (χ1n) is 16.4. The standard InChI is InChI=1S/C37H47N5O3.ClH/c1-3-31(38)35(43)40-34-29(25-41(4-2)24-26-14-8-5-9-15-26)20-21-30-22-23-32(42(30)37(34)45)36(44)39-33(27-16-10-6-11-17-27)28-18-12-7-13-19-28;/h5-19,29-34H,3-4,20-25,38H2,1-2H3,(H,39,44)(H,40,43);1H/p-1/t29-,30+,31+,32+,34+;/m1./s1. The van der Waals surface area contributed by atoms with Crippen molar-refractivity contribution in [1.82, 2.24) is 20.4 Å². The minimum Gasteiger partial charge on any atom is -1.00 e. The van der Waals surface area contributed by atoms with Gasteiger partial charge in [-0.05, 0) is 55.3 Å². The maximum Gasteiger partial charge on any atom is 0.246 e. The van der Waals surface area contributed by atoms with Gasteiger partial charge in [-0.3, -0.25) is 19.3 Å². The Hall–Kier alpha value is -3.72. The Morgan fingerprint density at radius 3 is 2.00 bits per heavy atom. The Kier molecular flexibility index (Phi) is 12.8. The van der Waals surface area contributed by atoms with Crippen LogP contribution in [-0.4, -0.2) is 64.8 Å². The Balaban J connectivity index is 0.00000480. The minimum absolute atomic E-state index is 0. The van der Waals surface area contributed by atoms with Gasteiger partial charge in [0.15, 0.2) is 0 Å². The molecule has 0 bridgehead atoms. The summed E-state index contributed by atoms with van der Waals surface area (Å²) in [6.45, 7) is 6.21. The first-order chi connectivity index (χ1) is 21.9. The summed E-state index contributed by atoms with van der Waals surface area (Å²) in [6.07, 6.45) is 3.39. The molecule has 0 unspecified atom stereocenters. The van der Waals surface area contributed by atoms with Crippen molar-refractivity contribution in [3.63, 3.8) is 0 Å². The van der Waals surface area contributed by atoms with E-state index in [1.807, 2.05) is 85.8 Å². The lowest BCUT2D eigenvalue weighted by Crippen LogP contribution is -3.00. The summed E-state index contributed by atoms with van der Waals surface area (Å²) < 4.78 is 0. The zero-order chi connectivity index (χ0) is 31.8. The molecule has 5 rings (SSSR count). The third kappa shape index (κ3) is 8.35. The normalized spacial score (nSPS) is 21.7. The van der Waals surface area contributed by atoms with Crippen LogP contribution >= 0.6 is 0 Å². The van der Waals surface area contributed by atoms with E-state index in [0.29, 0.717) is 19.4 Å². The molecule has 0 radical (unpaired) electrons. The molecule has 3 aromatic carbocycles. The van der Waals surface area contributed by atoms with E-state index in [4.69, 9.17) is 5.73 Å². The van der Waals surface area contributed by atoms with Gasteiger partial charge in [0.1, 0.15) is 12.1 Å². The van der Waals surface area contributed by atoms with Crippen LogP contribution in [0, 0.1) is 5.92 Å². The van der Waals surface area contributed by atoms with Crippen molar-refractivity contribution >= 4 is 17.7 Å². The number of hydrogen-bond acceptors (Lipinski definition) is 5. The SMILES string of the molecule is CC[C@H](N)C(=O)N[C@@H]1C(=O)N2[C@@H](CC[C@@H]1CN(CC)Cc1ccccc1)CC[C@H]2C(=O)NC(c1ccccc1)c1ccccc1.[Cl-]. The summed E-state index contributed by atoms with van der Waals surface area (Å²) in [5.41, 5.74) is 9.29. The summed E-state index contributed by atoms with van der Waals surface area (Å²) in [7, 11) is 0. The molecular weight excluding hydrogens is 598 g/mol. The highest BCUT2D eigenvalue weighted by molar-refractivity contribution is 5.94. The molecule has 2 heterocycles. The fourth-order valence-corrected chi connectivity index (χ4v) is 6.88. The molecule has 46 heavy (non-hydrogen) atoms. The van der Waals surface area contributed by atoms with Crippen molar-refractivity contribution in [1.29, 1.82) is 0 Å². The molecule has 246 valence electrons. The molecule has 0 aliphatic carbocycles. The lowest BCUT2D eigenvalue weighted by molar-refractivity contribution is -0.144. The number of nitrogens with zero attached hydrogens (tertiary/aromatic N) is 2. The van der Waals surface area contributed by atoms with E-state index in [1.54, 1.807) is 4.90 Å². The third-order valence-electron chi connectivity index (χ3n) is 9.48. The van der Waals surface area contributed by atoms with Crippen LogP contribution in [0.1, 0.15) is 68.7 Å². The molecule has 9 heteroatoms. The van der Waals surface area contributed by atoms with E-state index < -0.39 is 18.1 Å². The number of rotatable bonds is 12. The first-order valence-corrected chi connectivity index (χ1v) is 16.4. The summed E-state index contributed by atoms with van der Waals surface area (Å²) in [6, 6.07) is 27.7. The van der Waals surface area contributed by atoms with Crippen molar-refractivity contribution in [2.24, 2.45) is 11.7 Å². The molecule has 2 saturated heterocycles. The lowest BCUT2D eigenvalue weighted by atomic mass is 9.92. The largest absolute Gasteiger partial charge is 1.00 e. The molecular formula is C37H47ClN5O3-. The molecule has 0 saturated carbocycles. The average Bonchev–Trinajstić information content (AvgIpc) is 3.47. The Bertz CT molecular complexity index is 1370. The molecule has 2 aliphatic rings. The minimum atomic E-state index is -0.752. The molecule has 3 amide bonds. The van der Waals surface area contributed by atoms with Crippen LogP contribution < -0.4 is 28.8 Å². The van der Waals surface area contributed by atoms with E-state index in [0.717, 1.165) is 43.5 Å². The highest BCUT2D eigenvalue weighted by atomic mass is 35.5. The van der Waals surface area contributed by atoms with Gasteiger partial charge in [-0.25, -0.2) is 0 Å². The van der Waals surface area contributed by atoms with Gasteiger partial charge in [0.05, 0.1) is 12.1 Å². The molecule has 5 atom stereocenters. The molecule has 2 aliphatic heterocycles. The third-order valence-corrected chi connectivity index (χ3v) is 9.48. The van der Waals surface area contributed by atoms with Crippen LogP contribution in [-0.2, 0) is 20.9 Å². The van der Waals surface area contributed by atoms with Crippen LogP contribution in [0.25, 0.3) is 0 Å². The van der Waals surface area contributed by atoms with Gasteiger partial charge in [0.2, 0.25) is 17.7 Å². The Labute approximate surface area is 279 Å². The summed E-state index contributed by atoms with van der Waals surface area (Å²) in [5, 5.41) is 6.33. The maximum absolute atomic E-state index is 14.5. The van der Waals surface area contributed by atoms with E-state index in [-0.39, 0.29) is 48.1 Å². The number of fused-ring (bicyclic) bond motifs is 1. The second kappa shape index (κ2) is 16.7. The fraction of sp³-hybridized carbons (Fsp3) is 0.432.